The van der Waals surface area contributed by atoms with Crippen LogP contribution in [0.1, 0.15) is 52.4 Å². The van der Waals surface area contributed by atoms with E-state index in [1.165, 1.54) is 12.8 Å². The summed E-state index contributed by atoms with van der Waals surface area (Å²) in [6.45, 7) is 5.61. The average Bonchev–Trinajstić information content (AvgIpc) is 2.26. The van der Waals surface area contributed by atoms with Gasteiger partial charge in [0.1, 0.15) is 0 Å². The maximum atomic E-state index is 12.4. The summed E-state index contributed by atoms with van der Waals surface area (Å²) in [6, 6.07) is 0.339. The lowest BCUT2D eigenvalue weighted by Gasteiger charge is -2.47. The van der Waals surface area contributed by atoms with E-state index in [1.807, 2.05) is 9.80 Å². The third-order valence-corrected chi connectivity index (χ3v) is 5.46. The number of hydrogen-bond acceptors (Lipinski definition) is 2. The Hall–Kier alpha value is -1.06. The molecule has 2 unspecified atom stereocenters. The molecule has 2 aliphatic carbocycles. The Morgan fingerprint density at radius 1 is 0.750 bits per heavy atom. The van der Waals surface area contributed by atoms with Crippen molar-refractivity contribution in [3.05, 3.63) is 0 Å². The summed E-state index contributed by atoms with van der Waals surface area (Å²) in [5, 5.41) is 0. The summed E-state index contributed by atoms with van der Waals surface area (Å²) >= 11 is 0. The Balaban J connectivity index is 1.62. The summed E-state index contributed by atoms with van der Waals surface area (Å²) in [5.74, 6) is 1.18. The van der Waals surface area contributed by atoms with Crippen LogP contribution < -0.4 is 0 Å². The summed E-state index contributed by atoms with van der Waals surface area (Å²) in [4.78, 5) is 28.9. The lowest BCUT2D eigenvalue weighted by molar-refractivity contribution is -0.153. The monoisotopic (exact) mass is 278 g/mol. The van der Waals surface area contributed by atoms with Crippen LogP contribution in [0.5, 0.6) is 0 Å². The van der Waals surface area contributed by atoms with Crippen molar-refractivity contribution in [2.24, 2.45) is 11.8 Å². The first kappa shape index (κ1) is 13.9. The van der Waals surface area contributed by atoms with Gasteiger partial charge in [-0.05, 0) is 39.5 Å². The van der Waals surface area contributed by atoms with Gasteiger partial charge in [0, 0.05) is 37.0 Å². The third kappa shape index (κ3) is 2.33. The van der Waals surface area contributed by atoms with E-state index >= 15 is 0 Å². The molecule has 2 amide bonds. The predicted octanol–water partition coefficient (Wildman–Crippen LogP) is 2.03. The number of hydrogen-bond donors (Lipinski definition) is 0. The molecule has 0 radical (unpaired) electrons. The highest BCUT2D eigenvalue weighted by Gasteiger charge is 2.40. The number of nitrogens with zero attached hydrogens (tertiary/aromatic N) is 2. The number of carbonyl (C=O) groups excluding carboxylic acids is 2. The Kier molecular flexibility index (Phi) is 3.74. The first-order valence-electron chi connectivity index (χ1n) is 8.19. The quantitative estimate of drug-likeness (QED) is 0.775. The second-order valence-electron chi connectivity index (χ2n) is 6.93. The molecule has 4 nitrogen and oxygen atoms in total. The molecule has 112 valence electrons. The highest BCUT2D eigenvalue weighted by molar-refractivity contribution is 5.82. The van der Waals surface area contributed by atoms with E-state index in [-0.39, 0.29) is 23.9 Å². The maximum Gasteiger partial charge on any atom is 0.226 e. The zero-order chi connectivity index (χ0) is 14.3. The molecule has 3 fully saturated rings. The maximum absolute atomic E-state index is 12.4. The van der Waals surface area contributed by atoms with Gasteiger partial charge in [0.2, 0.25) is 11.8 Å². The summed E-state index contributed by atoms with van der Waals surface area (Å²) < 4.78 is 0. The Morgan fingerprint density at radius 3 is 1.35 bits per heavy atom. The molecule has 1 aliphatic heterocycles. The van der Waals surface area contributed by atoms with E-state index in [9.17, 15) is 9.59 Å². The van der Waals surface area contributed by atoms with Gasteiger partial charge in [-0.2, -0.15) is 0 Å². The Morgan fingerprint density at radius 2 is 1.10 bits per heavy atom. The Labute approximate surface area is 121 Å². The number of amides is 2. The molecular formula is C16H26N2O2. The minimum atomic E-state index is 0.170. The molecule has 0 aromatic heterocycles. The highest BCUT2D eigenvalue weighted by atomic mass is 16.2. The summed E-state index contributed by atoms with van der Waals surface area (Å²) in [7, 11) is 0. The minimum absolute atomic E-state index is 0.170. The molecule has 0 aromatic rings. The van der Waals surface area contributed by atoms with E-state index in [0.717, 1.165) is 38.8 Å². The van der Waals surface area contributed by atoms with E-state index in [2.05, 4.69) is 13.8 Å². The largest absolute Gasteiger partial charge is 0.336 e. The summed E-state index contributed by atoms with van der Waals surface area (Å²) in [5.41, 5.74) is 0. The van der Waals surface area contributed by atoms with Crippen molar-refractivity contribution in [1.82, 2.24) is 9.80 Å². The fraction of sp³-hybridized carbons (Fsp3) is 0.875. The molecule has 0 aromatic carbocycles. The first-order chi connectivity index (χ1) is 9.58. The van der Waals surface area contributed by atoms with Crippen LogP contribution in [0.15, 0.2) is 0 Å². The van der Waals surface area contributed by atoms with Gasteiger partial charge in [0.15, 0.2) is 0 Å². The van der Waals surface area contributed by atoms with Crippen LogP contribution in [-0.2, 0) is 9.59 Å². The molecular weight excluding hydrogens is 252 g/mol. The van der Waals surface area contributed by atoms with Crippen LogP contribution in [0.4, 0.5) is 0 Å². The molecule has 0 N–H and O–H groups in total. The van der Waals surface area contributed by atoms with Crippen molar-refractivity contribution in [2.45, 2.75) is 64.5 Å². The highest BCUT2D eigenvalue weighted by Crippen LogP contribution is 2.32. The lowest BCUT2D eigenvalue weighted by atomic mass is 9.82. The fourth-order valence-electron chi connectivity index (χ4n) is 3.52. The van der Waals surface area contributed by atoms with E-state index < -0.39 is 0 Å². The number of rotatable bonds is 2. The van der Waals surface area contributed by atoms with Crippen LogP contribution in [0.2, 0.25) is 0 Å². The second kappa shape index (κ2) is 5.38. The molecule has 2 atom stereocenters. The van der Waals surface area contributed by atoms with Crippen LogP contribution in [0.25, 0.3) is 0 Å². The van der Waals surface area contributed by atoms with Crippen molar-refractivity contribution in [3.63, 3.8) is 0 Å². The van der Waals surface area contributed by atoms with Crippen molar-refractivity contribution in [3.8, 4) is 0 Å². The minimum Gasteiger partial charge on any atom is -0.336 e. The molecule has 2 saturated carbocycles. The average molecular weight is 278 g/mol. The SMILES string of the molecule is CC1CN(C(=O)C2CCC2)C(C)CN1C(=O)C1CCC1. The molecule has 4 heteroatoms. The number of carbonyl (C=O) groups is 2. The van der Waals surface area contributed by atoms with Gasteiger partial charge in [-0.15, -0.1) is 0 Å². The molecule has 1 saturated heterocycles. The lowest BCUT2D eigenvalue weighted by Crippen LogP contribution is -2.61. The van der Waals surface area contributed by atoms with Crippen LogP contribution >= 0.6 is 0 Å². The normalized spacial score (nSPS) is 31.7. The molecule has 3 aliphatic rings. The molecule has 3 rings (SSSR count). The molecule has 1 heterocycles. The van der Waals surface area contributed by atoms with E-state index in [4.69, 9.17) is 0 Å². The van der Waals surface area contributed by atoms with Crippen molar-refractivity contribution in [1.29, 1.82) is 0 Å². The topological polar surface area (TPSA) is 40.6 Å². The smallest absolute Gasteiger partial charge is 0.226 e. The fourth-order valence-corrected chi connectivity index (χ4v) is 3.52. The van der Waals surface area contributed by atoms with Crippen LogP contribution in [0, 0.1) is 11.8 Å². The number of piperazine rings is 1. The molecule has 20 heavy (non-hydrogen) atoms. The van der Waals surface area contributed by atoms with Crippen molar-refractivity contribution in [2.75, 3.05) is 13.1 Å². The third-order valence-electron chi connectivity index (χ3n) is 5.46. The Bertz CT molecular complexity index is 363. The van der Waals surface area contributed by atoms with Gasteiger partial charge < -0.3 is 9.80 Å². The molecule has 0 spiro atoms. The van der Waals surface area contributed by atoms with Crippen molar-refractivity contribution < 1.29 is 9.59 Å². The van der Waals surface area contributed by atoms with Gasteiger partial charge >= 0.3 is 0 Å². The van der Waals surface area contributed by atoms with Gasteiger partial charge in [-0.1, -0.05) is 12.8 Å². The van der Waals surface area contributed by atoms with Crippen LogP contribution in [0.3, 0.4) is 0 Å². The summed E-state index contributed by atoms with van der Waals surface area (Å²) in [6.07, 6.45) is 6.62. The first-order valence-corrected chi connectivity index (χ1v) is 8.19. The van der Waals surface area contributed by atoms with Gasteiger partial charge in [-0.3, -0.25) is 9.59 Å². The van der Waals surface area contributed by atoms with E-state index in [1.54, 1.807) is 0 Å². The van der Waals surface area contributed by atoms with Gasteiger partial charge in [-0.25, -0.2) is 0 Å². The standard InChI is InChI=1S/C16H26N2O2/c1-11-9-18(16(20)14-7-4-8-14)12(2)10-17(11)15(19)13-5-3-6-13/h11-14H,3-10H2,1-2H3. The van der Waals surface area contributed by atoms with Crippen LogP contribution in [-0.4, -0.2) is 46.8 Å². The zero-order valence-electron chi connectivity index (χ0n) is 12.7. The zero-order valence-corrected chi connectivity index (χ0v) is 12.7. The van der Waals surface area contributed by atoms with Crippen molar-refractivity contribution >= 4 is 11.8 Å². The van der Waals surface area contributed by atoms with Gasteiger partial charge in [0.05, 0.1) is 0 Å². The molecule has 0 bridgehead atoms. The van der Waals surface area contributed by atoms with E-state index in [0.29, 0.717) is 11.8 Å². The van der Waals surface area contributed by atoms with Gasteiger partial charge in [0.25, 0.3) is 0 Å². The predicted molar refractivity (Wildman–Crippen MR) is 77.0 cm³/mol. The second-order valence-corrected chi connectivity index (χ2v) is 6.93.